The minimum absolute atomic E-state index is 0.571. The van der Waals surface area contributed by atoms with Crippen molar-refractivity contribution in [1.82, 2.24) is 15.0 Å². The normalized spacial score (nSPS) is 10.7. The number of halogens is 1. The van der Waals surface area contributed by atoms with Crippen molar-refractivity contribution in [3.63, 3.8) is 0 Å². The van der Waals surface area contributed by atoms with Crippen LogP contribution in [-0.4, -0.2) is 21.5 Å². The Hall–Kier alpha value is -1.39. The van der Waals surface area contributed by atoms with E-state index in [-0.39, 0.29) is 0 Å². The van der Waals surface area contributed by atoms with Crippen LogP contribution in [0.5, 0.6) is 0 Å². The lowest BCUT2D eigenvalue weighted by Crippen LogP contribution is -2.05. The lowest BCUT2D eigenvalue weighted by atomic mass is 10.2. The maximum atomic E-state index is 6.10. The quantitative estimate of drug-likeness (QED) is 0.883. The summed E-state index contributed by atoms with van der Waals surface area (Å²) in [4.78, 5) is 0. The summed E-state index contributed by atoms with van der Waals surface area (Å²) in [5, 5.41) is 8.85. The molecule has 0 bridgehead atoms. The molecule has 0 aliphatic heterocycles. The summed E-state index contributed by atoms with van der Waals surface area (Å²) in [5.41, 5.74) is 8.25. The molecule has 1 aromatic carbocycles. The number of para-hydroxylation sites is 1. The van der Waals surface area contributed by atoms with Crippen LogP contribution in [0.2, 0.25) is 5.02 Å². The molecule has 2 rings (SSSR count). The number of hydrogen-bond acceptors (Lipinski definition) is 3. The second-order valence-electron chi connectivity index (χ2n) is 3.52. The molecule has 0 saturated carbocycles. The Kier molecular flexibility index (Phi) is 3.22. The molecule has 84 valence electrons. The highest BCUT2D eigenvalue weighted by Gasteiger charge is 2.10. The first-order valence-electron chi connectivity index (χ1n) is 5.10. The summed E-state index contributed by atoms with van der Waals surface area (Å²) in [5.74, 6) is 0. The van der Waals surface area contributed by atoms with Crippen molar-refractivity contribution >= 4 is 11.6 Å². The fourth-order valence-electron chi connectivity index (χ4n) is 1.58. The third-order valence-corrected chi connectivity index (χ3v) is 2.77. The first-order chi connectivity index (χ1) is 7.74. The standard InChI is InChI=1S/C11H13ClN4/c1-8-10(6-7-13)14-15-16(8)11-5-3-2-4-9(11)12/h2-5H,6-7,13H2,1H3. The molecule has 1 aromatic heterocycles. The summed E-state index contributed by atoms with van der Waals surface area (Å²) in [6.07, 6.45) is 0.732. The van der Waals surface area contributed by atoms with Crippen molar-refractivity contribution in [2.24, 2.45) is 5.73 Å². The van der Waals surface area contributed by atoms with Crippen molar-refractivity contribution in [3.05, 3.63) is 40.7 Å². The molecule has 0 aliphatic carbocycles. The largest absolute Gasteiger partial charge is 0.330 e. The molecule has 4 nitrogen and oxygen atoms in total. The summed E-state index contributed by atoms with van der Waals surface area (Å²) >= 11 is 6.10. The Labute approximate surface area is 99.0 Å². The van der Waals surface area contributed by atoms with Gasteiger partial charge in [0.2, 0.25) is 0 Å². The van der Waals surface area contributed by atoms with Gasteiger partial charge in [-0.15, -0.1) is 5.10 Å². The zero-order chi connectivity index (χ0) is 11.5. The molecule has 0 atom stereocenters. The second kappa shape index (κ2) is 4.63. The molecular formula is C11H13ClN4. The molecule has 2 N–H and O–H groups in total. The van der Waals surface area contributed by atoms with E-state index in [2.05, 4.69) is 10.3 Å². The molecule has 2 aromatic rings. The Bertz CT molecular complexity index is 492. The van der Waals surface area contributed by atoms with Crippen molar-refractivity contribution in [1.29, 1.82) is 0 Å². The summed E-state index contributed by atoms with van der Waals surface area (Å²) < 4.78 is 1.74. The average molecular weight is 237 g/mol. The molecule has 0 amide bonds. The molecule has 0 saturated heterocycles. The van der Waals surface area contributed by atoms with Gasteiger partial charge in [0, 0.05) is 6.42 Å². The van der Waals surface area contributed by atoms with Crippen LogP contribution >= 0.6 is 11.6 Å². The number of nitrogens with zero attached hydrogens (tertiary/aromatic N) is 3. The first kappa shape index (κ1) is 11.1. The van der Waals surface area contributed by atoms with Crippen molar-refractivity contribution in [2.75, 3.05) is 6.54 Å². The van der Waals surface area contributed by atoms with Gasteiger partial charge in [0.05, 0.1) is 22.1 Å². The number of nitrogens with two attached hydrogens (primary N) is 1. The third-order valence-electron chi connectivity index (χ3n) is 2.45. The van der Waals surface area contributed by atoms with Crippen molar-refractivity contribution in [3.8, 4) is 5.69 Å². The summed E-state index contributed by atoms with van der Waals surface area (Å²) in [7, 11) is 0. The van der Waals surface area contributed by atoms with E-state index in [1.165, 1.54) is 0 Å². The van der Waals surface area contributed by atoms with Crippen LogP contribution < -0.4 is 5.73 Å². The molecule has 5 heteroatoms. The smallest absolute Gasteiger partial charge is 0.0873 e. The fourth-order valence-corrected chi connectivity index (χ4v) is 1.80. The van der Waals surface area contributed by atoms with Gasteiger partial charge in [-0.2, -0.15) is 0 Å². The highest BCUT2D eigenvalue weighted by Crippen LogP contribution is 2.20. The third kappa shape index (κ3) is 1.94. The zero-order valence-corrected chi connectivity index (χ0v) is 9.78. The van der Waals surface area contributed by atoms with Crippen LogP contribution in [0.4, 0.5) is 0 Å². The Morgan fingerprint density at radius 3 is 2.81 bits per heavy atom. The van der Waals surface area contributed by atoms with Gasteiger partial charge in [-0.3, -0.25) is 0 Å². The number of aromatic nitrogens is 3. The van der Waals surface area contributed by atoms with E-state index in [1.54, 1.807) is 4.68 Å². The van der Waals surface area contributed by atoms with Gasteiger partial charge in [-0.05, 0) is 25.6 Å². The lowest BCUT2D eigenvalue weighted by molar-refractivity contribution is 0.782. The van der Waals surface area contributed by atoms with E-state index >= 15 is 0 Å². The Balaban J connectivity index is 2.45. The van der Waals surface area contributed by atoms with Gasteiger partial charge in [-0.1, -0.05) is 28.9 Å². The van der Waals surface area contributed by atoms with Gasteiger partial charge in [0.1, 0.15) is 0 Å². The molecular weight excluding hydrogens is 224 g/mol. The minimum atomic E-state index is 0.571. The minimum Gasteiger partial charge on any atom is -0.330 e. The molecule has 0 spiro atoms. The monoisotopic (exact) mass is 236 g/mol. The SMILES string of the molecule is Cc1c(CCN)nnn1-c1ccccc1Cl. The van der Waals surface area contributed by atoms with E-state index in [0.29, 0.717) is 11.6 Å². The van der Waals surface area contributed by atoms with Gasteiger partial charge in [0.15, 0.2) is 0 Å². The number of rotatable bonds is 3. The van der Waals surface area contributed by atoms with E-state index in [9.17, 15) is 0 Å². The molecule has 1 heterocycles. The molecule has 16 heavy (non-hydrogen) atoms. The van der Waals surface area contributed by atoms with Crippen LogP contribution in [0.25, 0.3) is 5.69 Å². The van der Waals surface area contributed by atoms with Crippen LogP contribution in [0.3, 0.4) is 0 Å². The fraction of sp³-hybridized carbons (Fsp3) is 0.273. The predicted octanol–water partition coefficient (Wildman–Crippen LogP) is 1.73. The topological polar surface area (TPSA) is 56.7 Å². The Morgan fingerprint density at radius 1 is 1.38 bits per heavy atom. The first-order valence-corrected chi connectivity index (χ1v) is 5.48. The summed E-state index contributed by atoms with van der Waals surface area (Å²) in [6.45, 7) is 2.54. The van der Waals surface area contributed by atoms with Crippen LogP contribution in [0, 0.1) is 6.92 Å². The van der Waals surface area contributed by atoms with Crippen molar-refractivity contribution < 1.29 is 0 Å². The molecule has 0 aliphatic rings. The zero-order valence-electron chi connectivity index (χ0n) is 9.02. The van der Waals surface area contributed by atoms with Crippen LogP contribution in [0.15, 0.2) is 24.3 Å². The van der Waals surface area contributed by atoms with E-state index in [0.717, 1.165) is 23.5 Å². The van der Waals surface area contributed by atoms with E-state index in [4.69, 9.17) is 17.3 Å². The van der Waals surface area contributed by atoms with Crippen LogP contribution in [-0.2, 0) is 6.42 Å². The van der Waals surface area contributed by atoms with Crippen LogP contribution in [0.1, 0.15) is 11.4 Å². The molecule has 0 radical (unpaired) electrons. The maximum Gasteiger partial charge on any atom is 0.0873 e. The summed E-state index contributed by atoms with van der Waals surface area (Å²) in [6, 6.07) is 7.56. The van der Waals surface area contributed by atoms with Gasteiger partial charge < -0.3 is 5.73 Å². The van der Waals surface area contributed by atoms with E-state index in [1.807, 2.05) is 31.2 Å². The molecule has 0 fully saturated rings. The van der Waals surface area contributed by atoms with Gasteiger partial charge in [0.25, 0.3) is 0 Å². The number of hydrogen-bond donors (Lipinski definition) is 1. The number of benzene rings is 1. The average Bonchev–Trinajstić information content (AvgIpc) is 2.62. The highest BCUT2D eigenvalue weighted by molar-refractivity contribution is 6.32. The predicted molar refractivity (Wildman–Crippen MR) is 63.9 cm³/mol. The highest BCUT2D eigenvalue weighted by atomic mass is 35.5. The van der Waals surface area contributed by atoms with Crippen molar-refractivity contribution in [2.45, 2.75) is 13.3 Å². The molecule has 0 unspecified atom stereocenters. The second-order valence-corrected chi connectivity index (χ2v) is 3.93. The van der Waals surface area contributed by atoms with Gasteiger partial charge >= 0.3 is 0 Å². The Morgan fingerprint density at radius 2 is 2.12 bits per heavy atom. The maximum absolute atomic E-state index is 6.10. The van der Waals surface area contributed by atoms with Gasteiger partial charge in [-0.25, -0.2) is 4.68 Å². The lowest BCUT2D eigenvalue weighted by Gasteiger charge is -2.05. The van der Waals surface area contributed by atoms with E-state index < -0.39 is 0 Å².